The molecule has 1 aromatic heterocycles. The van der Waals surface area contributed by atoms with Crippen LogP contribution < -0.4 is 10.5 Å². The molecule has 0 unspecified atom stereocenters. The van der Waals surface area contributed by atoms with Crippen LogP contribution in [0.1, 0.15) is 5.56 Å². The Hall–Kier alpha value is -1.20. The Kier molecular flexibility index (Phi) is 3.54. The monoisotopic (exact) mass is 329 g/mol. The van der Waals surface area contributed by atoms with Crippen LogP contribution in [0.5, 0.6) is 5.75 Å². The fraction of sp³-hybridized carbons (Fsp3) is 0.250. The molecule has 0 saturated carbocycles. The maximum Gasteiger partial charge on any atom is 0.201 e. The summed E-state index contributed by atoms with van der Waals surface area (Å²) in [5.41, 5.74) is 8.44. The third-order valence-electron chi connectivity index (χ3n) is 2.82. The van der Waals surface area contributed by atoms with Crippen LogP contribution in [0.15, 0.2) is 16.7 Å². The van der Waals surface area contributed by atoms with Crippen LogP contribution in [0.4, 0.5) is 5.95 Å². The number of aryl methyl sites for hydroxylation is 1. The number of ether oxygens (including phenoxy) is 1. The van der Waals surface area contributed by atoms with E-state index in [1.807, 2.05) is 26.1 Å². The van der Waals surface area contributed by atoms with Gasteiger partial charge in [0.05, 0.1) is 12.8 Å². The highest BCUT2D eigenvalue weighted by Crippen LogP contribution is 2.38. The summed E-state index contributed by atoms with van der Waals surface area (Å²) in [6.45, 7) is 1.93. The van der Waals surface area contributed by atoms with Gasteiger partial charge in [-0.3, -0.25) is 0 Å². The summed E-state index contributed by atoms with van der Waals surface area (Å²) in [6, 6.07) is 3.75. The summed E-state index contributed by atoms with van der Waals surface area (Å²) in [5.74, 6) is 1.16. The minimum Gasteiger partial charge on any atom is -0.496 e. The number of nitrogens with zero attached hydrogens (tertiary/aromatic N) is 2. The number of imidazole rings is 1. The standard InChI is InChI=1S/C12H13BrClN3O/c1-6-4-9(18-3)7(5-8(6)14)10-11(13)16-12(15)17(10)2/h4-5H,1-3H3,(H2,15,16). The second-order valence-electron chi connectivity index (χ2n) is 3.97. The maximum atomic E-state index is 6.17. The number of rotatable bonds is 2. The molecule has 2 N–H and O–H groups in total. The topological polar surface area (TPSA) is 53.1 Å². The van der Waals surface area contributed by atoms with Crippen molar-refractivity contribution in [3.63, 3.8) is 0 Å². The first-order chi connectivity index (χ1) is 8.45. The first-order valence-corrected chi connectivity index (χ1v) is 6.45. The first-order valence-electron chi connectivity index (χ1n) is 5.28. The van der Waals surface area contributed by atoms with E-state index in [-0.39, 0.29) is 0 Å². The van der Waals surface area contributed by atoms with E-state index < -0.39 is 0 Å². The Morgan fingerprint density at radius 1 is 1.44 bits per heavy atom. The van der Waals surface area contributed by atoms with Gasteiger partial charge in [0.15, 0.2) is 0 Å². The molecule has 18 heavy (non-hydrogen) atoms. The molecule has 0 bridgehead atoms. The molecule has 2 aromatic rings. The first kappa shape index (κ1) is 13.2. The number of halogens is 2. The number of nitrogen functional groups attached to an aromatic ring is 1. The Morgan fingerprint density at radius 3 is 2.61 bits per heavy atom. The molecule has 4 nitrogen and oxygen atoms in total. The normalized spacial score (nSPS) is 10.7. The van der Waals surface area contributed by atoms with Gasteiger partial charge in [0.25, 0.3) is 0 Å². The Bertz CT molecular complexity index is 610. The smallest absolute Gasteiger partial charge is 0.201 e. The quantitative estimate of drug-likeness (QED) is 0.918. The highest BCUT2D eigenvalue weighted by Gasteiger charge is 2.18. The van der Waals surface area contributed by atoms with Gasteiger partial charge in [0, 0.05) is 17.6 Å². The fourth-order valence-corrected chi connectivity index (χ4v) is 2.61. The van der Waals surface area contributed by atoms with Crippen molar-refractivity contribution < 1.29 is 4.74 Å². The van der Waals surface area contributed by atoms with E-state index in [9.17, 15) is 0 Å². The minimum absolute atomic E-state index is 0.427. The molecule has 0 radical (unpaired) electrons. The average Bonchev–Trinajstić information content (AvgIpc) is 2.57. The van der Waals surface area contributed by atoms with Gasteiger partial charge >= 0.3 is 0 Å². The van der Waals surface area contributed by atoms with Crippen molar-refractivity contribution in [1.29, 1.82) is 0 Å². The second-order valence-corrected chi connectivity index (χ2v) is 5.13. The lowest BCUT2D eigenvalue weighted by Crippen LogP contribution is -2.00. The van der Waals surface area contributed by atoms with Gasteiger partial charge in [0.1, 0.15) is 10.4 Å². The highest BCUT2D eigenvalue weighted by atomic mass is 79.9. The molecule has 0 saturated heterocycles. The molecule has 0 aliphatic heterocycles. The number of hydrogen-bond donors (Lipinski definition) is 1. The van der Waals surface area contributed by atoms with Crippen molar-refractivity contribution in [2.24, 2.45) is 7.05 Å². The zero-order valence-corrected chi connectivity index (χ0v) is 12.6. The number of hydrogen-bond acceptors (Lipinski definition) is 3. The number of methoxy groups -OCH3 is 1. The molecular weight excluding hydrogens is 318 g/mol. The predicted molar refractivity (Wildman–Crippen MR) is 77.1 cm³/mol. The van der Waals surface area contributed by atoms with Gasteiger partial charge in [-0.1, -0.05) is 11.6 Å². The summed E-state index contributed by atoms with van der Waals surface area (Å²) in [4.78, 5) is 4.17. The van der Waals surface area contributed by atoms with E-state index in [0.29, 0.717) is 15.6 Å². The van der Waals surface area contributed by atoms with Gasteiger partial charge in [-0.15, -0.1) is 0 Å². The predicted octanol–water partition coefficient (Wildman–Crippen LogP) is 3.40. The molecule has 2 rings (SSSR count). The van der Waals surface area contributed by atoms with E-state index in [4.69, 9.17) is 22.1 Å². The van der Waals surface area contributed by atoms with Gasteiger partial charge in [0.2, 0.25) is 5.95 Å². The van der Waals surface area contributed by atoms with Gasteiger partial charge in [-0.05, 0) is 40.5 Å². The molecular formula is C12H13BrClN3O. The van der Waals surface area contributed by atoms with E-state index in [1.165, 1.54) is 0 Å². The third kappa shape index (κ3) is 2.08. The maximum absolute atomic E-state index is 6.17. The van der Waals surface area contributed by atoms with E-state index in [0.717, 1.165) is 22.6 Å². The van der Waals surface area contributed by atoms with Gasteiger partial charge < -0.3 is 15.0 Å². The molecule has 0 aliphatic rings. The second kappa shape index (κ2) is 4.82. The lowest BCUT2D eigenvalue weighted by Gasteiger charge is -2.12. The zero-order valence-electron chi connectivity index (χ0n) is 10.3. The number of anilines is 1. The minimum atomic E-state index is 0.427. The summed E-state index contributed by atoms with van der Waals surface area (Å²) in [5, 5.41) is 0.678. The Morgan fingerprint density at radius 2 is 2.11 bits per heavy atom. The van der Waals surface area contributed by atoms with Crippen LogP contribution in [0.25, 0.3) is 11.3 Å². The summed E-state index contributed by atoms with van der Waals surface area (Å²) >= 11 is 9.57. The Balaban J connectivity index is 2.74. The summed E-state index contributed by atoms with van der Waals surface area (Å²) < 4.78 is 7.85. The lowest BCUT2D eigenvalue weighted by molar-refractivity contribution is 0.416. The zero-order chi connectivity index (χ0) is 13.4. The van der Waals surface area contributed by atoms with Crippen LogP contribution >= 0.6 is 27.5 Å². The molecule has 0 spiro atoms. The van der Waals surface area contributed by atoms with Crippen LogP contribution in [0.2, 0.25) is 5.02 Å². The molecule has 0 amide bonds. The summed E-state index contributed by atoms with van der Waals surface area (Å²) in [6.07, 6.45) is 0. The molecule has 6 heteroatoms. The van der Waals surface area contributed by atoms with E-state index in [2.05, 4.69) is 20.9 Å². The van der Waals surface area contributed by atoms with Crippen molar-refractivity contribution in [2.45, 2.75) is 6.92 Å². The molecule has 0 fully saturated rings. The van der Waals surface area contributed by atoms with Crippen molar-refractivity contribution in [1.82, 2.24) is 9.55 Å². The largest absolute Gasteiger partial charge is 0.496 e. The third-order valence-corrected chi connectivity index (χ3v) is 3.78. The molecule has 0 atom stereocenters. The molecule has 1 aromatic carbocycles. The van der Waals surface area contributed by atoms with Crippen molar-refractivity contribution >= 4 is 33.5 Å². The van der Waals surface area contributed by atoms with Crippen LogP contribution in [-0.2, 0) is 7.05 Å². The van der Waals surface area contributed by atoms with Crippen LogP contribution in [0, 0.1) is 6.92 Å². The molecule has 0 aliphatic carbocycles. The van der Waals surface area contributed by atoms with Crippen LogP contribution in [-0.4, -0.2) is 16.7 Å². The number of aromatic nitrogens is 2. The lowest BCUT2D eigenvalue weighted by atomic mass is 10.1. The van der Waals surface area contributed by atoms with Crippen molar-refractivity contribution in [3.05, 3.63) is 27.3 Å². The molecule has 96 valence electrons. The highest BCUT2D eigenvalue weighted by molar-refractivity contribution is 9.10. The summed E-state index contributed by atoms with van der Waals surface area (Å²) in [7, 11) is 3.47. The van der Waals surface area contributed by atoms with Gasteiger partial charge in [-0.2, -0.15) is 0 Å². The van der Waals surface area contributed by atoms with Crippen molar-refractivity contribution in [2.75, 3.05) is 12.8 Å². The van der Waals surface area contributed by atoms with Crippen molar-refractivity contribution in [3.8, 4) is 17.0 Å². The number of benzene rings is 1. The van der Waals surface area contributed by atoms with E-state index in [1.54, 1.807) is 11.7 Å². The van der Waals surface area contributed by atoms with Gasteiger partial charge in [-0.25, -0.2) is 4.98 Å². The van der Waals surface area contributed by atoms with E-state index >= 15 is 0 Å². The fourth-order valence-electron chi connectivity index (χ4n) is 1.78. The average molecular weight is 331 g/mol. The molecule has 1 heterocycles. The Labute approximate surface area is 119 Å². The van der Waals surface area contributed by atoms with Crippen LogP contribution in [0.3, 0.4) is 0 Å². The number of nitrogens with two attached hydrogens (primary N) is 1. The SMILES string of the molecule is COc1cc(C)c(Cl)cc1-c1c(Br)nc(N)n1C.